The van der Waals surface area contributed by atoms with Crippen LogP contribution in [0.4, 0.5) is 5.13 Å². The first kappa shape index (κ1) is 17.7. The first-order chi connectivity index (χ1) is 13.7. The van der Waals surface area contributed by atoms with E-state index in [1.165, 1.54) is 16.0 Å². The Morgan fingerprint density at radius 3 is 2.71 bits per heavy atom. The highest BCUT2D eigenvalue weighted by Crippen LogP contribution is 2.37. The normalized spacial score (nSPS) is 13.1. The molecule has 1 amide bonds. The van der Waals surface area contributed by atoms with Crippen LogP contribution in [0.15, 0.2) is 36.4 Å². The van der Waals surface area contributed by atoms with Crippen molar-refractivity contribution in [1.82, 2.24) is 9.97 Å². The van der Waals surface area contributed by atoms with Gasteiger partial charge >= 0.3 is 0 Å². The van der Waals surface area contributed by atoms with Crippen LogP contribution in [0.25, 0.3) is 20.4 Å². The number of hydrogen-bond acceptors (Lipinski definition) is 8. The number of thiazole rings is 2. The molecule has 0 spiro atoms. The van der Waals surface area contributed by atoms with E-state index in [0.717, 1.165) is 26.5 Å². The van der Waals surface area contributed by atoms with Crippen LogP contribution in [0, 0.1) is 0 Å². The monoisotopic (exact) mass is 429 g/mol. The summed E-state index contributed by atoms with van der Waals surface area (Å²) in [5.41, 5.74) is 1.81. The zero-order valence-corrected chi connectivity index (χ0v) is 17.1. The quantitative estimate of drug-likeness (QED) is 0.502. The van der Waals surface area contributed by atoms with Gasteiger partial charge in [-0.1, -0.05) is 23.5 Å². The zero-order chi connectivity index (χ0) is 18.9. The molecule has 1 aliphatic rings. The van der Waals surface area contributed by atoms with Crippen molar-refractivity contribution >= 4 is 65.9 Å². The van der Waals surface area contributed by atoms with E-state index in [9.17, 15) is 4.79 Å². The standard InChI is InChI=1S/C19H15N3O3S3/c23-17(9-26-10-18-20-11-3-1-2-4-15(11)27-18)22-19-21-12-7-13-14(8-16(12)28-19)25-6-5-24-13/h1-4,7-8H,5-6,9-10H2,(H,21,22,23). The Kier molecular flexibility index (Phi) is 4.79. The molecule has 3 heterocycles. The van der Waals surface area contributed by atoms with Gasteiger partial charge in [-0.3, -0.25) is 4.79 Å². The smallest absolute Gasteiger partial charge is 0.236 e. The predicted octanol–water partition coefficient (Wildman–Crippen LogP) is 4.55. The highest BCUT2D eigenvalue weighted by molar-refractivity contribution is 7.99. The lowest BCUT2D eigenvalue weighted by atomic mass is 10.3. The lowest BCUT2D eigenvalue weighted by molar-refractivity contribution is -0.113. The van der Waals surface area contributed by atoms with Gasteiger partial charge in [0.2, 0.25) is 5.91 Å². The topological polar surface area (TPSA) is 73.3 Å². The third-order valence-electron chi connectivity index (χ3n) is 4.10. The molecule has 4 aromatic rings. The molecule has 1 N–H and O–H groups in total. The summed E-state index contributed by atoms with van der Waals surface area (Å²) in [5, 5.41) is 4.50. The van der Waals surface area contributed by atoms with Crippen LogP contribution in [0.1, 0.15) is 5.01 Å². The molecular formula is C19H15N3O3S3. The number of anilines is 1. The molecule has 0 saturated carbocycles. The molecular weight excluding hydrogens is 414 g/mol. The van der Waals surface area contributed by atoms with Gasteiger partial charge in [0.25, 0.3) is 0 Å². The van der Waals surface area contributed by atoms with Gasteiger partial charge in [0, 0.05) is 17.9 Å². The molecule has 0 saturated heterocycles. The fourth-order valence-electron chi connectivity index (χ4n) is 2.89. The molecule has 0 atom stereocenters. The number of aromatic nitrogens is 2. The number of carbonyl (C=O) groups excluding carboxylic acids is 1. The number of thioether (sulfide) groups is 1. The minimum absolute atomic E-state index is 0.0672. The van der Waals surface area contributed by atoms with Crippen LogP contribution in [-0.2, 0) is 10.5 Å². The fourth-order valence-corrected chi connectivity index (χ4v) is 5.63. The largest absolute Gasteiger partial charge is 0.486 e. The van der Waals surface area contributed by atoms with Crippen molar-refractivity contribution in [2.24, 2.45) is 0 Å². The first-order valence-corrected chi connectivity index (χ1v) is 11.5. The van der Waals surface area contributed by atoms with Crippen LogP contribution in [-0.4, -0.2) is 34.8 Å². The summed E-state index contributed by atoms with van der Waals surface area (Å²) in [6.45, 7) is 1.09. The van der Waals surface area contributed by atoms with Crippen molar-refractivity contribution in [3.05, 3.63) is 41.4 Å². The van der Waals surface area contributed by atoms with Crippen molar-refractivity contribution in [3.63, 3.8) is 0 Å². The summed E-state index contributed by atoms with van der Waals surface area (Å²) in [7, 11) is 0. The van der Waals surface area contributed by atoms with Crippen LogP contribution in [0.2, 0.25) is 0 Å². The van der Waals surface area contributed by atoms with E-state index in [1.807, 2.05) is 30.3 Å². The molecule has 28 heavy (non-hydrogen) atoms. The van der Waals surface area contributed by atoms with Gasteiger partial charge in [-0.05, 0) is 12.1 Å². The van der Waals surface area contributed by atoms with E-state index >= 15 is 0 Å². The van der Waals surface area contributed by atoms with Crippen molar-refractivity contribution in [2.45, 2.75) is 5.75 Å². The second-order valence-corrected chi connectivity index (χ2v) is 9.23. The number of rotatable bonds is 5. The van der Waals surface area contributed by atoms with Gasteiger partial charge in [-0.25, -0.2) is 9.97 Å². The Morgan fingerprint density at radius 1 is 1.04 bits per heavy atom. The predicted molar refractivity (Wildman–Crippen MR) is 115 cm³/mol. The Hall–Kier alpha value is -2.36. The minimum atomic E-state index is -0.0672. The van der Waals surface area contributed by atoms with Crippen molar-refractivity contribution in [1.29, 1.82) is 0 Å². The highest BCUT2D eigenvalue weighted by Gasteiger charge is 2.16. The van der Waals surface area contributed by atoms with Gasteiger partial charge in [-0.15, -0.1) is 23.1 Å². The number of ether oxygens (including phenoxy) is 2. The average molecular weight is 430 g/mol. The van der Waals surface area contributed by atoms with Gasteiger partial charge in [0.05, 0.1) is 26.2 Å². The maximum absolute atomic E-state index is 12.3. The van der Waals surface area contributed by atoms with E-state index in [2.05, 4.69) is 21.4 Å². The number of nitrogens with one attached hydrogen (secondary N) is 1. The van der Waals surface area contributed by atoms with Crippen LogP contribution >= 0.6 is 34.4 Å². The molecule has 2 aromatic carbocycles. The molecule has 0 fully saturated rings. The number of amides is 1. The molecule has 1 aliphatic heterocycles. The summed E-state index contributed by atoms with van der Waals surface area (Å²) >= 11 is 4.65. The van der Waals surface area contributed by atoms with Crippen molar-refractivity contribution in [2.75, 3.05) is 24.3 Å². The summed E-state index contributed by atoms with van der Waals surface area (Å²) in [6.07, 6.45) is 0. The number of hydrogen-bond donors (Lipinski definition) is 1. The molecule has 5 rings (SSSR count). The molecule has 0 unspecified atom stereocenters. The third-order valence-corrected chi connectivity index (χ3v) is 7.19. The maximum atomic E-state index is 12.3. The number of carbonyl (C=O) groups is 1. The van der Waals surface area contributed by atoms with E-state index in [1.54, 1.807) is 23.1 Å². The average Bonchev–Trinajstić information content (AvgIpc) is 3.28. The van der Waals surface area contributed by atoms with Crippen molar-refractivity contribution < 1.29 is 14.3 Å². The highest BCUT2D eigenvalue weighted by atomic mass is 32.2. The van der Waals surface area contributed by atoms with E-state index in [4.69, 9.17) is 9.47 Å². The van der Waals surface area contributed by atoms with Gasteiger partial charge in [0.1, 0.15) is 18.2 Å². The lowest BCUT2D eigenvalue weighted by Crippen LogP contribution is -2.15. The Balaban J connectivity index is 1.20. The first-order valence-electron chi connectivity index (χ1n) is 8.67. The number of para-hydroxylation sites is 1. The van der Waals surface area contributed by atoms with E-state index in [0.29, 0.717) is 35.6 Å². The van der Waals surface area contributed by atoms with Gasteiger partial charge in [0.15, 0.2) is 16.6 Å². The summed E-state index contributed by atoms with van der Waals surface area (Å²) < 4.78 is 13.3. The summed E-state index contributed by atoms with van der Waals surface area (Å²) in [5.74, 6) is 2.44. The summed E-state index contributed by atoms with van der Waals surface area (Å²) in [6, 6.07) is 11.8. The fraction of sp³-hybridized carbons (Fsp3) is 0.211. The second-order valence-electron chi connectivity index (χ2n) is 6.10. The molecule has 6 nitrogen and oxygen atoms in total. The Morgan fingerprint density at radius 2 is 1.86 bits per heavy atom. The third kappa shape index (κ3) is 3.65. The number of benzene rings is 2. The SMILES string of the molecule is O=C(CSCc1nc2ccccc2s1)Nc1nc2cc3c(cc2s1)OCCO3. The molecule has 0 aliphatic carbocycles. The number of fused-ring (bicyclic) bond motifs is 3. The molecule has 0 bridgehead atoms. The van der Waals surface area contributed by atoms with Crippen molar-refractivity contribution in [3.8, 4) is 11.5 Å². The van der Waals surface area contributed by atoms with Crippen LogP contribution < -0.4 is 14.8 Å². The molecule has 2 aromatic heterocycles. The summed E-state index contributed by atoms with van der Waals surface area (Å²) in [4.78, 5) is 21.4. The van der Waals surface area contributed by atoms with Crippen LogP contribution in [0.5, 0.6) is 11.5 Å². The Bertz CT molecular complexity index is 1100. The van der Waals surface area contributed by atoms with E-state index < -0.39 is 0 Å². The Labute approximate surface area is 172 Å². The minimum Gasteiger partial charge on any atom is -0.486 e. The van der Waals surface area contributed by atoms with Gasteiger partial charge in [-0.2, -0.15) is 0 Å². The molecule has 0 radical (unpaired) electrons. The van der Waals surface area contributed by atoms with Gasteiger partial charge < -0.3 is 14.8 Å². The second kappa shape index (κ2) is 7.57. The van der Waals surface area contributed by atoms with Crippen LogP contribution in [0.3, 0.4) is 0 Å². The van der Waals surface area contributed by atoms with E-state index in [-0.39, 0.29) is 5.91 Å². The lowest BCUT2D eigenvalue weighted by Gasteiger charge is -2.17. The molecule has 9 heteroatoms. The maximum Gasteiger partial charge on any atom is 0.236 e. The number of nitrogens with zero attached hydrogens (tertiary/aromatic N) is 2. The zero-order valence-electron chi connectivity index (χ0n) is 14.6. The molecule has 142 valence electrons.